The minimum Gasteiger partial charge on any atom is -0.381 e. The van der Waals surface area contributed by atoms with E-state index in [9.17, 15) is 4.79 Å². The molecule has 5 nitrogen and oxygen atoms in total. The smallest absolute Gasteiger partial charge is 0.220 e. The van der Waals surface area contributed by atoms with Gasteiger partial charge in [-0.3, -0.25) is 4.79 Å². The van der Waals surface area contributed by atoms with Crippen molar-refractivity contribution in [2.45, 2.75) is 32.7 Å². The van der Waals surface area contributed by atoms with Crippen LogP contribution < -0.4 is 5.32 Å². The number of hydrogen-bond donors (Lipinski definition) is 1. The molecular weight excluding hydrogens is 238 g/mol. The zero-order valence-corrected chi connectivity index (χ0v) is 10.8. The molecule has 1 saturated heterocycles. The third-order valence-electron chi connectivity index (χ3n) is 2.92. The summed E-state index contributed by atoms with van der Waals surface area (Å²) in [5, 5.41) is 6.82. The summed E-state index contributed by atoms with van der Waals surface area (Å²) in [7, 11) is 0. The Hall–Kier alpha value is -1.01. The maximum atomic E-state index is 11.7. The molecule has 1 aliphatic heterocycles. The van der Waals surface area contributed by atoms with E-state index in [2.05, 4.69) is 14.9 Å². The number of carbonyl (C=O) groups is 1. The molecule has 0 unspecified atom stereocenters. The zero-order chi connectivity index (χ0) is 12.1. The fourth-order valence-corrected chi connectivity index (χ4v) is 2.47. The SMILES string of the molecule is Cc1nnsc1CNC(=O)C[C@H]1CCCOC1. The van der Waals surface area contributed by atoms with Crippen molar-refractivity contribution in [2.75, 3.05) is 13.2 Å². The summed E-state index contributed by atoms with van der Waals surface area (Å²) in [6.07, 6.45) is 2.72. The van der Waals surface area contributed by atoms with E-state index in [1.54, 1.807) is 0 Å². The van der Waals surface area contributed by atoms with Gasteiger partial charge in [0, 0.05) is 19.6 Å². The Balaban J connectivity index is 1.72. The Morgan fingerprint density at radius 1 is 1.65 bits per heavy atom. The molecule has 2 heterocycles. The molecule has 0 aromatic carbocycles. The zero-order valence-electron chi connectivity index (χ0n) is 9.94. The summed E-state index contributed by atoms with van der Waals surface area (Å²) >= 11 is 1.34. The van der Waals surface area contributed by atoms with Gasteiger partial charge in [0.15, 0.2) is 0 Å². The van der Waals surface area contributed by atoms with Gasteiger partial charge in [0.1, 0.15) is 0 Å². The molecule has 1 N–H and O–H groups in total. The van der Waals surface area contributed by atoms with E-state index in [1.807, 2.05) is 6.92 Å². The van der Waals surface area contributed by atoms with Crippen LogP contribution in [0.1, 0.15) is 29.8 Å². The van der Waals surface area contributed by atoms with Crippen LogP contribution in [0.2, 0.25) is 0 Å². The van der Waals surface area contributed by atoms with Crippen molar-refractivity contribution in [1.82, 2.24) is 14.9 Å². The van der Waals surface area contributed by atoms with E-state index in [-0.39, 0.29) is 5.91 Å². The number of nitrogens with one attached hydrogen (secondary N) is 1. The Morgan fingerprint density at radius 2 is 2.53 bits per heavy atom. The predicted octanol–water partition coefficient (Wildman–Crippen LogP) is 1.28. The fourth-order valence-electron chi connectivity index (χ4n) is 1.89. The van der Waals surface area contributed by atoms with Gasteiger partial charge in [0.05, 0.1) is 17.1 Å². The molecular formula is C11H17N3O2S. The van der Waals surface area contributed by atoms with Gasteiger partial charge in [-0.05, 0) is 37.2 Å². The van der Waals surface area contributed by atoms with Crippen molar-refractivity contribution in [3.05, 3.63) is 10.6 Å². The highest BCUT2D eigenvalue weighted by Gasteiger charge is 2.17. The quantitative estimate of drug-likeness (QED) is 0.880. The lowest BCUT2D eigenvalue weighted by Crippen LogP contribution is -2.28. The minimum atomic E-state index is 0.0910. The topological polar surface area (TPSA) is 64.1 Å². The number of carbonyl (C=O) groups excluding carboxylic acids is 1. The number of ether oxygens (including phenoxy) is 1. The number of aromatic nitrogens is 2. The van der Waals surface area contributed by atoms with Gasteiger partial charge >= 0.3 is 0 Å². The van der Waals surface area contributed by atoms with Crippen molar-refractivity contribution >= 4 is 17.4 Å². The molecule has 0 bridgehead atoms. The van der Waals surface area contributed by atoms with Crippen LogP contribution in [-0.2, 0) is 16.1 Å². The predicted molar refractivity (Wildman–Crippen MR) is 64.7 cm³/mol. The maximum Gasteiger partial charge on any atom is 0.220 e. The highest BCUT2D eigenvalue weighted by Crippen LogP contribution is 2.17. The van der Waals surface area contributed by atoms with Gasteiger partial charge in [-0.2, -0.15) is 0 Å². The van der Waals surface area contributed by atoms with E-state index in [0.29, 0.717) is 25.5 Å². The van der Waals surface area contributed by atoms with Crippen LogP contribution in [0.15, 0.2) is 0 Å². The van der Waals surface area contributed by atoms with Crippen molar-refractivity contribution in [1.29, 1.82) is 0 Å². The summed E-state index contributed by atoms with van der Waals surface area (Å²) in [5.74, 6) is 0.470. The molecule has 1 fully saturated rings. The first-order valence-corrected chi connectivity index (χ1v) is 6.65. The first-order chi connectivity index (χ1) is 8.25. The normalized spacial score (nSPS) is 20.2. The molecule has 0 aliphatic carbocycles. The van der Waals surface area contributed by atoms with Crippen LogP contribution in [-0.4, -0.2) is 28.7 Å². The largest absolute Gasteiger partial charge is 0.381 e. The molecule has 1 aromatic rings. The molecule has 1 atom stereocenters. The molecule has 2 rings (SSSR count). The van der Waals surface area contributed by atoms with E-state index in [4.69, 9.17) is 4.74 Å². The van der Waals surface area contributed by atoms with Crippen LogP contribution in [0.25, 0.3) is 0 Å². The Kier molecular flexibility index (Phi) is 4.44. The van der Waals surface area contributed by atoms with Gasteiger partial charge in [-0.25, -0.2) is 0 Å². The third kappa shape index (κ3) is 3.74. The number of amides is 1. The summed E-state index contributed by atoms with van der Waals surface area (Å²) in [6.45, 7) is 3.99. The van der Waals surface area contributed by atoms with Crippen LogP contribution >= 0.6 is 11.5 Å². The van der Waals surface area contributed by atoms with E-state index in [1.165, 1.54) is 11.5 Å². The molecule has 1 aliphatic rings. The molecule has 94 valence electrons. The Labute approximate surface area is 105 Å². The van der Waals surface area contributed by atoms with Crippen LogP contribution in [0.3, 0.4) is 0 Å². The Morgan fingerprint density at radius 3 is 3.18 bits per heavy atom. The first-order valence-electron chi connectivity index (χ1n) is 5.88. The third-order valence-corrected chi connectivity index (χ3v) is 3.74. The molecule has 0 radical (unpaired) electrons. The molecule has 1 aromatic heterocycles. The molecule has 6 heteroatoms. The number of aryl methyl sites for hydroxylation is 1. The van der Waals surface area contributed by atoms with Crippen LogP contribution in [0, 0.1) is 12.8 Å². The van der Waals surface area contributed by atoms with E-state index >= 15 is 0 Å². The van der Waals surface area contributed by atoms with Crippen LogP contribution in [0.4, 0.5) is 0 Å². The molecule has 0 spiro atoms. The van der Waals surface area contributed by atoms with Crippen molar-refractivity contribution in [2.24, 2.45) is 5.92 Å². The standard InChI is InChI=1S/C11H17N3O2S/c1-8-10(17-14-13-8)6-12-11(15)5-9-3-2-4-16-7-9/h9H,2-7H2,1H3,(H,12,15)/t9-/m1/s1. The lowest BCUT2D eigenvalue weighted by molar-refractivity contribution is -0.123. The minimum absolute atomic E-state index is 0.0910. The first kappa shape index (κ1) is 12.4. The van der Waals surface area contributed by atoms with E-state index in [0.717, 1.165) is 30.0 Å². The molecule has 0 saturated carbocycles. The highest BCUT2D eigenvalue weighted by atomic mass is 32.1. The van der Waals surface area contributed by atoms with Gasteiger partial charge in [-0.15, -0.1) is 5.10 Å². The number of hydrogen-bond acceptors (Lipinski definition) is 5. The number of nitrogens with zero attached hydrogens (tertiary/aromatic N) is 2. The van der Waals surface area contributed by atoms with Crippen LogP contribution in [0.5, 0.6) is 0 Å². The highest BCUT2D eigenvalue weighted by molar-refractivity contribution is 7.05. The summed E-state index contributed by atoms with van der Waals surface area (Å²) in [4.78, 5) is 12.7. The van der Waals surface area contributed by atoms with Gasteiger partial charge in [0.25, 0.3) is 0 Å². The van der Waals surface area contributed by atoms with Crippen molar-refractivity contribution in [3.8, 4) is 0 Å². The summed E-state index contributed by atoms with van der Waals surface area (Å²) < 4.78 is 9.19. The van der Waals surface area contributed by atoms with E-state index < -0.39 is 0 Å². The van der Waals surface area contributed by atoms with Crippen molar-refractivity contribution in [3.63, 3.8) is 0 Å². The van der Waals surface area contributed by atoms with Gasteiger partial charge < -0.3 is 10.1 Å². The fraction of sp³-hybridized carbons (Fsp3) is 0.727. The molecule has 1 amide bonds. The summed E-state index contributed by atoms with van der Waals surface area (Å²) in [5.41, 5.74) is 0.899. The lowest BCUT2D eigenvalue weighted by atomic mass is 9.98. The average Bonchev–Trinajstić information content (AvgIpc) is 2.74. The second kappa shape index (κ2) is 6.07. The summed E-state index contributed by atoms with van der Waals surface area (Å²) in [6, 6.07) is 0. The molecule has 17 heavy (non-hydrogen) atoms. The van der Waals surface area contributed by atoms with Crippen molar-refractivity contribution < 1.29 is 9.53 Å². The monoisotopic (exact) mass is 255 g/mol. The average molecular weight is 255 g/mol. The van der Waals surface area contributed by atoms with Gasteiger partial charge in [0.2, 0.25) is 5.91 Å². The van der Waals surface area contributed by atoms with Gasteiger partial charge in [-0.1, -0.05) is 4.49 Å². The Bertz CT molecular complexity index is 375. The second-order valence-electron chi connectivity index (χ2n) is 4.35. The number of rotatable bonds is 4. The maximum absolute atomic E-state index is 11.7. The second-order valence-corrected chi connectivity index (χ2v) is 5.18. The lowest BCUT2D eigenvalue weighted by Gasteiger charge is -2.21.